The lowest BCUT2D eigenvalue weighted by molar-refractivity contribution is -0.385. The van der Waals surface area contributed by atoms with Crippen molar-refractivity contribution in [2.24, 2.45) is 5.73 Å². The van der Waals surface area contributed by atoms with Gasteiger partial charge in [0.2, 0.25) is 0 Å². The molecule has 5 heteroatoms. The number of ether oxygens (including phenoxy) is 1. The zero-order chi connectivity index (χ0) is 14.5. The van der Waals surface area contributed by atoms with Gasteiger partial charge < -0.3 is 10.5 Å². The van der Waals surface area contributed by atoms with Crippen molar-refractivity contribution in [1.29, 1.82) is 0 Å². The summed E-state index contributed by atoms with van der Waals surface area (Å²) in [6.45, 7) is 2.52. The molecule has 20 heavy (non-hydrogen) atoms. The summed E-state index contributed by atoms with van der Waals surface area (Å²) in [5.41, 5.74) is 8.11. The highest BCUT2D eigenvalue weighted by Gasteiger charge is 2.13. The van der Waals surface area contributed by atoms with Crippen LogP contribution in [0.25, 0.3) is 0 Å². The Morgan fingerprint density at radius 1 is 1.20 bits per heavy atom. The van der Waals surface area contributed by atoms with E-state index in [0.717, 1.165) is 11.1 Å². The lowest BCUT2D eigenvalue weighted by Crippen LogP contribution is -2.01. The first-order valence-electron chi connectivity index (χ1n) is 6.26. The van der Waals surface area contributed by atoms with E-state index >= 15 is 0 Å². The number of rotatable bonds is 5. The molecule has 0 aromatic heterocycles. The Balaban J connectivity index is 2.10. The van der Waals surface area contributed by atoms with E-state index in [-0.39, 0.29) is 10.6 Å². The largest absolute Gasteiger partial charge is 0.489 e. The number of nitrogens with two attached hydrogens (primary N) is 1. The van der Waals surface area contributed by atoms with Crippen LogP contribution in [0.5, 0.6) is 5.75 Å². The number of benzene rings is 2. The van der Waals surface area contributed by atoms with Crippen molar-refractivity contribution in [3.63, 3.8) is 0 Å². The Labute approximate surface area is 117 Å². The van der Waals surface area contributed by atoms with Gasteiger partial charge in [-0.2, -0.15) is 0 Å². The molecule has 0 heterocycles. The highest BCUT2D eigenvalue weighted by molar-refractivity contribution is 5.44. The van der Waals surface area contributed by atoms with E-state index < -0.39 is 0 Å². The van der Waals surface area contributed by atoms with Gasteiger partial charge in [-0.15, -0.1) is 0 Å². The lowest BCUT2D eigenvalue weighted by atomic mass is 10.1. The summed E-state index contributed by atoms with van der Waals surface area (Å²) >= 11 is 0. The number of nitro groups is 1. The minimum atomic E-state index is -0.380. The lowest BCUT2D eigenvalue weighted by Gasteiger charge is -2.09. The normalized spacial score (nSPS) is 10.3. The van der Waals surface area contributed by atoms with Gasteiger partial charge in [-0.1, -0.05) is 24.3 Å². The fourth-order valence-electron chi connectivity index (χ4n) is 1.91. The second-order valence-corrected chi connectivity index (χ2v) is 4.46. The third-order valence-electron chi connectivity index (χ3n) is 3.17. The molecule has 0 radical (unpaired) electrons. The maximum Gasteiger partial charge on any atom is 0.272 e. The zero-order valence-electron chi connectivity index (χ0n) is 11.2. The molecule has 0 saturated heterocycles. The van der Waals surface area contributed by atoms with Gasteiger partial charge in [0.25, 0.3) is 5.69 Å². The van der Waals surface area contributed by atoms with Crippen LogP contribution >= 0.6 is 0 Å². The molecule has 0 aliphatic rings. The smallest absolute Gasteiger partial charge is 0.272 e. The molecular weight excluding hydrogens is 256 g/mol. The average Bonchev–Trinajstić information content (AvgIpc) is 2.46. The van der Waals surface area contributed by atoms with Crippen molar-refractivity contribution < 1.29 is 9.66 Å². The highest BCUT2D eigenvalue weighted by Crippen LogP contribution is 2.22. The molecule has 0 bridgehead atoms. The van der Waals surface area contributed by atoms with Gasteiger partial charge in [0.1, 0.15) is 12.4 Å². The van der Waals surface area contributed by atoms with E-state index in [1.54, 1.807) is 13.0 Å². The number of hydrogen-bond acceptors (Lipinski definition) is 4. The Morgan fingerprint density at radius 2 is 1.90 bits per heavy atom. The van der Waals surface area contributed by atoms with Crippen molar-refractivity contribution in [1.82, 2.24) is 0 Å². The molecule has 2 rings (SSSR count). The van der Waals surface area contributed by atoms with Crippen LogP contribution < -0.4 is 10.5 Å². The van der Waals surface area contributed by atoms with E-state index in [2.05, 4.69) is 0 Å². The van der Waals surface area contributed by atoms with Gasteiger partial charge in [-0.3, -0.25) is 10.1 Å². The monoisotopic (exact) mass is 272 g/mol. The zero-order valence-corrected chi connectivity index (χ0v) is 11.2. The van der Waals surface area contributed by atoms with Crippen LogP contribution in [0, 0.1) is 17.0 Å². The molecule has 0 aliphatic heterocycles. The first-order chi connectivity index (χ1) is 9.61. The fourth-order valence-corrected chi connectivity index (χ4v) is 1.91. The molecule has 0 atom stereocenters. The second kappa shape index (κ2) is 6.16. The molecule has 0 aliphatic carbocycles. The van der Waals surface area contributed by atoms with Gasteiger partial charge in [0.15, 0.2) is 0 Å². The summed E-state index contributed by atoms with van der Waals surface area (Å²) in [4.78, 5) is 10.5. The Bertz CT molecular complexity index is 609. The summed E-state index contributed by atoms with van der Waals surface area (Å²) in [5, 5.41) is 10.9. The predicted molar refractivity (Wildman–Crippen MR) is 76.5 cm³/mol. The van der Waals surface area contributed by atoms with Crippen LogP contribution in [-0.4, -0.2) is 4.92 Å². The molecule has 5 nitrogen and oxygen atoms in total. The number of hydrogen-bond donors (Lipinski definition) is 1. The molecule has 0 amide bonds. The Morgan fingerprint density at radius 3 is 2.50 bits per heavy atom. The van der Waals surface area contributed by atoms with Crippen LogP contribution in [0.1, 0.15) is 16.7 Å². The topological polar surface area (TPSA) is 78.4 Å². The van der Waals surface area contributed by atoms with E-state index in [0.29, 0.717) is 24.5 Å². The molecule has 0 fully saturated rings. The van der Waals surface area contributed by atoms with Crippen LogP contribution in [-0.2, 0) is 13.2 Å². The Kier molecular flexibility index (Phi) is 4.32. The quantitative estimate of drug-likeness (QED) is 0.670. The molecule has 0 spiro atoms. The summed E-state index contributed by atoms with van der Waals surface area (Å²) in [6, 6.07) is 12.5. The van der Waals surface area contributed by atoms with E-state index in [4.69, 9.17) is 10.5 Å². The molecule has 104 valence electrons. The number of nitro benzene ring substituents is 1. The molecule has 2 N–H and O–H groups in total. The van der Waals surface area contributed by atoms with E-state index in [1.165, 1.54) is 6.07 Å². The van der Waals surface area contributed by atoms with Crippen LogP contribution in [0.2, 0.25) is 0 Å². The summed E-state index contributed by atoms with van der Waals surface area (Å²) in [6.07, 6.45) is 0. The molecule has 0 saturated carbocycles. The Hall–Kier alpha value is -2.40. The minimum absolute atomic E-state index is 0.115. The SMILES string of the molecule is Cc1c(COc2ccc(CN)cc2)cccc1[N+](=O)[O-]. The van der Waals surface area contributed by atoms with Crippen LogP contribution in [0.4, 0.5) is 5.69 Å². The highest BCUT2D eigenvalue weighted by atomic mass is 16.6. The van der Waals surface area contributed by atoms with Crippen molar-refractivity contribution in [3.8, 4) is 5.75 Å². The molecule has 2 aromatic carbocycles. The summed E-state index contributed by atoms with van der Waals surface area (Å²) in [5.74, 6) is 0.716. The van der Waals surface area contributed by atoms with E-state index in [1.807, 2.05) is 30.3 Å². The predicted octanol–water partition coefficient (Wildman–Crippen LogP) is 2.94. The first-order valence-corrected chi connectivity index (χ1v) is 6.26. The fraction of sp³-hybridized carbons (Fsp3) is 0.200. The third kappa shape index (κ3) is 3.13. The molecule has 0 unspecified atom stereocenters. The summed E-state index contributed by atoms with van der Waals surface area (Å²) < 4.78 is 5.64. The van der Waals surface area contributed by atoms with Crippen molar-refractivity contribution in [2.75, 3.05) is 0 Å². The second-order valence-electron chi connectivity index (χ2n) is 4.46. The van der Waals surface area contributed by atoms with Gasteiger partial charge >= 0.3 is 0 Å². The number of nitrogens with zero attached hydrogens (tertiary/aromatic N) is 1. The third-order valence-corrected chi connectivity index (χ3v) is 3.17. The van der Waals surface area contributed by atoms with Crippen LogP contribution in [0.15, 0.2) is 42.5 Å². The molecular formula is C15H16N2O3. The van der Waals surface area contributed by atoms with Gasteiger partial charge in [-0.05, 0) is 30.2 Å². The maximum atomic E-state index is 10.9. The average molecular weight is 272 g/mol. The van der Waals surface area contributed by atoms with Gasteiger partial charge in [0.05, 0.1) is 4.92 Å². The summed E-state index contributed by atoms with van der Waals surface area (Å²) in [7, 11) is 0. The van der Waals surface area contributed by atoms with Gasteiger partial charge in [-0.25, -0.2) is 0 Å². The van der Waals surface area contributed by atoms with E-state index in [9.17, 15) is 10.1 Å². The molecule has 2 aromatic rings. The van der Waals surface area contributed by atoms with Gasteiger partial charge in [0, 0.05) is 18.2 Å². The standard InChI is InChI=1S/C15H16N2O3/c1-11-13(3-2-4-15(11)17(18)19)10-20-14-7-5-12(9-16)6-8-14/h2-8H,9-10,16H2,1H3. The van der Waals surface area contributed by atoms with Crippen LogP contribution in [0.3, 0.4) is 0 Å². The maximum absolute atomic E-state index is 10.9. The van der Waals surface area contributed by atoms with Crippen molar-refractivity contribution in [3.05, 3.63) is 69.3 Å². The minimum Gasteiger partial charge on any atom is -0.489 e. The van der Waals surface area contributed by atoms with Crippen molar-refractivity contribution >= 4 is 5.69 Å². The van der Waals surface area contributed by atoms with Crippen molar-refractivity contribution in [2.45, 2.75) is 20.1 Å². The first kappa shape index (κ1) is 14.0.